The van der Waals surface area contributed by atoms with Gasteiger partial charge in [0.1, 0.15) is 0 Å². The number of aromatic nitrogens is 4. The Balaban J connectivity index is 1.31. The van der Waals surface area contributed by atoms with Gasteiger partial charge in [-0.25, -0.2) is 4.79 Å². The summed E-state index contributed by atoms with van der Waals surface area (Å²) in [5.74, 6) is -0.640. The third-order valence-corrected chi connectivity index (χ3v) is 4.46. The zero-order chi connectivity index (χ0) is 20.9. The molecule has 0 atom stereocenters. The van der Waals surface area contributed by atoms with E-state index in [4.69, 9.17) is 4.74 Å². The first-order valence-electron chi connectivity index (χ1n) is 9.36. The second-order valence-electron chi connectivity index (χ2n) is 6.75. The van der Waals surface area contributed by atoms with Crippen molar-refractivity contribution in [1.29, 1.82) is 0 Å². The number of anilines is 1. The van der Waals surface area contributed by atoms with Gasteiger partial charge in [0.05, 0.1) is 0 Å². The van der Waals surface area contributed by atoms with Crippen LogP contribution in [0.15, 0.2) is 66.7 Å². The predicted molar refractivity (Wildman–Crippen MR) is 112 cm³/mol. The Hall–Kier alpha value is -4.07. The molecule has 150 valence electrons. The molecule has 1 N–H and O–H groups in total. The standard InChI is InChI=1S/C22H19N5O3/c1-15-9-11-17(12-10-15)22-24-26-27(25-22)13-21(29)30-14-20(28)23-19-8-4-6-16-5-2-3-7-18(16)19/h2-12H,13-14H2,1H3,(H,23,28). The van der Waals surface area contributed by atoms with Crippen molar-refractivity contribution in [2.75, 3.05) is 11.9 Å². The molecule has 0 unspecified atom stereocenters. The average molecular weight is 401 g/mol. The summed E-state index contributed by atoms with van der Waals surface area (Å²) in [4.78, 5) is 25.4. The molecule has 1 heterocycles. The summed E-state index contributed by atoms with van der Waals surface area (Å²) in [6.07, 6.45) is 0. The third kappa shape index (κ3) is 4.49. The lowest BCUT2D eigenvalue weighted by atomic mass is 10.1. The van der Waals surface area contributed by atoms with Crippen molar-refractivity contribution >= 4 is 28.3 Å². The number of carbonyl (C=O) groups is 2. The van der Waals surface area contributed by atoms with Crippen LogP contribution in [0.2, 0.25) is 0 Å². The first-order chi connectivity index (χ1) is 14.6. The molecular formula is C22H19N5O3. The molecule has 8 nitrogen and oxygen atoms in total. The number of amides is 1. The Morgan fingerprint density at radius 2 is 1.77 bits per heavy atom. The van der Waals surface area contributed by atoms with Gasteiger partial charge in [0, 0.05) is 16.6 Å². The van der Waals surface area contributed by atoms with Crippen molar-refractivity contribution in [2.45, 2.75) is 13.5 Å². The van der Waals surface area contributed by atoms with E-state index in [-0.39, 0.29) is 6.54 Å². The highest BCUT2D eigenvalue weighted by atomic mass is 16.5. The van der Waals surface area contributed by atoms with E-state index in [0.29, 0.717) is 11.5 Å². The molecule has 0 bridgehead atoms. The van der Waals surface area contributed by atoms with E-state index in [0.717, 1.165) is 26.7 Å². The molecule has 30 heavy (non-hydrogen) atoms. The first kappa shape index (κ1) is 19.3. The number of tetrazole rings is 1. The van der Waals surface area contributed by atoms with Gasteiger partial charge in [-0.3, -0.25) is 4.79 Å². The molecule has 4 aromatic rings. The van der Waals surface area contributed by atoms with Crippen molar-refractivity contribution in [3.8, 4) is 11.4 Å². The maximum absolute atomic E-state index is 12.2. The summed E-state index contributed by atoms with van der Waals surface area (Å²) in [6, 6.07) is 21.0. The molecule has 0 saturated carbocycles. The van der Waals surface area contributed by atoms with Crippen molar-refractivity contribution in [3.05, 3.63) is 72.3 Å². The van der Waals surface area contributed by atoms with Crippen LogP contribution < -0.4 is 5.32 Å². The molecule has 1 aromatic heterocycles. The van der Waals surface area contributed by atoms with Crippen molar-refractivity contribution in [1.82, 2.24) is 20.2 Å². The first-order valence-corrected chi connectivity index (χ1v) is 9.36. The Morgan fingerprint density at radius 1 is 1.00 bits per heavy atom. The molecule has 0 aliphatic rings. The minimum absolute atomic E-state index is 0.236. The lowest BCUT2D eigenvalue weighted by molar-refractivity contribution is -0.148. The highest BCUT2D eigenvalue weighted by molar-refractivity contribution is 6.02. The van der Waals surface area contributed by atoms with Crippen LogP contribution in [0.3, 0.4) is 0 Å². The fourth-order valence-corrected chi connectivity index (χ4v) is 2.96. The number of nitrogens with zero attached hydrogens (tertiary/aromatic N) is 4. The van der Waals surface area contributed by atoms with Crippen LogP contribution in [0.5, 0.6) is 0 Å². The Bertz CT molecular complexity index is 1200. The fraction of sp³-hybridized carbons (Fsp3) is 0.136. The summed E-state index contributed by atoms with van der Waals surface area (Å²) in [6.45, 7) is 1.35. The van der Waals surface area contributed by atoms with Crippen molar-refractivity contribution in [2.24, 2.45) is 0 Å². The lowest BCUT2D eigenvalue weighted by Gasteiger charge is -2.09. The van der Waals surface area contributed by atoms with E-state index in [9.17, 15) is 9.59 Å². The molecule has 0 saturated heterocycles. The smallest absolute Gasteiger partial charge is 0.330 e. The highest BCUT2D eigenvalue weighted by Gasteiger charge is 2.13. The summed E-state index contributed by atoms with van der Waals surface area (Å²) in [7, 11) is 0. The lowest BCUT2D eigenvalue weighted by Crippen LogP contribution is -2.23. The van der Waals surface area contributed by atoms with Crippen LogP contribution in [0.1, 0.15) is 5.56 Å². The van der Waals surface area contributed by atoms with E-state index in [1.165, 1.54) is 0 Å². The Morgan fingerprint density at radius 3 is 2.60 bits per heavy atom. The summed E-state index contributed by atoms with van der Waals surface area (Å²) in [5, 5.41) is 16.7. The molecule has 3 aromatic carbocycles. The van der Waals surface area contributed by atoms with Gasteiger partial charge in [0.2, 0.25) is 5.82 Å². The van der Waals surface area contributed by atoms with Crippen LogP contribution in [-0.4, -0.2) is 38.7 Å². The number of nitrogens with one attached hydrogen (secondary N) is 1. The molecule has 0 spiro atoms. The Labute approximate surface area is 172 Å². The normalized spacial score (nSPS) is 10.7. The molecule has 4 rings (SSSR count). The molecule has 0 radical (unpaired) electrons. The van der Waals surface area contributed by atoms with Gasteiger partial charge in [0.25, 0.3) is 5.91 Å². The maximum atomic E-state index is 12.2. The van der Waals surface area contributed by atoms with Crippen LogP contribution >= 0.6 is 0 Å². The number of hydrogen-bond donors (Lipinski definition) is 1. The predicted octanol–water partition coefficient (Wildman–Crippen LogP) is 2.98. The van der Waals surface area contributed by atoms with Crippen LogP contribution in [0, 0.1) is 6.92 Å². The van der Waals surface area contributed by atoms with Crippen molar-refractivity contribution < 1.29 is 14.3 Å². The van der Waals surface area contributed by atoms with Gasteiger partial charge < -0.3 is 10.1 Å². The topological polar surface area (TPSA) is 99.0 Å². The number of esters is 1. The largest absolute Gasteiger partial charge is 0.454 e. The Kier molecular flexibility index (Phi) is 5.47. The summed E-state index contributed by atoms with van der Waals surface area (Å²) < 4.78 is 5.04. The summed E-state index contributed by atoms with van der Waals surface area (Å²) >= 11 is 0. The average Bonchev–Trinajstić information content (AvgIpc) is 3.21. The van der Waals surface area contributed by atoms with E-state index in [1.54, 1.807) is 6.07 Å². The fourth-order valence-electron chi connectivity index (χ4n) is 2.96. The van der Waals surface area contributed by atoms with E-state index in [2.05, 4.69) is 20.7 Å². The number of hydrogen-bond acceptors (Lipinski definition) is 6. The second kappa shape index (κ2) is 8.52. The third-order valence-electron chi connectivity index (χ3n) is 4.46. The minimum Gasteiger partial charge on any atom is -0.454 e. The molecule has 8 heteroatoms. The number of ether oxygens (including phenoxy) is 1. The van der Waals surface area contributed by atoms with Gasteiger partial charge in [-0.2, -0.15) is 4.80 Å². The molecule has 0 aliphatic heterocycles. The van der Waals surface area contributed by atoms with E-state index in [1.807, 2.05) is 67.6 Å². The number of rotatable bonds is 6. The van der Waals surface area contributed by atoms with Gasteiger partial charge in [-0.15, -0.1) is 10.2 Å². The van der Waals surface area contributed by atoms with Crippen LogP contribution in [0.4, 0.5) is 5.69 Å². The molecule has 0 aliphatic carbocycles. The SMILES string of the molecule is Cc1ccc(-c2nnn(CC(=O)OCC(=O)Nc3cccc4ccccc34)n2)cc1. The quantitative estimate of drug-likeness (QED) is 0.499. The van der Waals surface area contributed by atoms with E-state index >= 15 is 0 Å². The maximum Gasteiger partial charge on any atom is 0.330 e. The zero-order valence-electron chi connectivity index (χ0n) is 16.3. The van der Waals surface area contributed by atoms with E-state index < -0.39 is 18.5 Å². The number of benzene rings is 3. The van der Waals surface area contributed by atoms with Crippen LogP contribution in [-0.2, 0) is 20.9 Å². The number of fused-ring (bicyclic) bond motifs is 1. The summed E-state index contributed by atoms with van der Waals surface area (Å²) in [5.41, 5.74) is 2.58. The van der Waals surface area contributed by atoms with Gasteiger partial charge >= 0.3 is 5.97 Å². The van der Waals surface area contributed by atoms with Crippen LogP contribution in [0.25, 0.3) is 22.2 Å². The number of aryl methyl sites for hydroxylation is 1. The molecule has 0 fully saturated rings. The van der Waals surface area contributed by atoms with Gasteiger partial charge in [-0.05, 0) is 23.6 Å². The van der Waals surface area contributed by atoms with Gasteiger partial charge in [0.15, 0.2) is 13.2 Å². The highest BCUT2D eigenvalue weighted by Crippen LogP contribution is 2.22. The monoisotopic (exact) mass is 401 g/mol. The number of carbonyl (C=O) groups excluding carboxylic acids is 2. The second-order valence-corrected chi connectivity index (χ2v) is 6.75. The van der Waals surface area contributed by atoms with Crippen molar-refractivity contribution in [3.63, 3.8) is 0 Å². The molecule has 1 amide bonds. The van der Waals surface area contributed by atoms with Gasteiger partial charge in [-0.1, -0.05) is 66.2 Å². The zero-order valence-corrected chi connectivity index (χ0v) is 16.3. The molecular weight excluding hydrogens is 382 g/mol. The minimum atomic E-state index is -0.629.